The summed E-state index contributed by atoms with van der Waals surface area (Å²) < 4.78 is 40.4. The van der Waals surface area contributed by atoms with Crippen LogP contribution in [0.25, 0.3) is 0 Å². The summed E-state index contributed by atoms with van der Waals surface area (Å²) in [6.07, 6.45) is 2.54. The number of rotatable bonds is 6. The van der Waals surface area contributed by atoms with Crippen LogP contribution in [0.4, 0.5) is 24.5 Å². The van der Waals surface area contributed by atoms with Crippen molar-refractivity contribution < 1.29 is 22.8 Å². The molecule has 1 saturated heterocycles. The van der Waals surface area contributed by atoms with Crippen LogP contribution in [0.5, 0.6) is 0 Å². The Kier molecular flexibility index (Phi) is 6.95. The lowest BCUT2D eigenvalue weighted by atomic mass is 9.76. The molecule has 2 aromatic carbocycles. The summed E-state index contributed by atoms with van der Waals surface area (Å²) in [6.45, 7) is 1.42. The van der Waals surface area contributed by atoms with Crippen molar-refractivity contribution in [1.29, 1.82) is 5.41 Å². The average Bonchev–Trinajstić information content (AvgIpc) is 3.31. The van der Waals surface area contributed by atoms with Crippen molar-refractivity contribution in [2.24, 2.45) is 5.92 Å². The number of benzene rings is 2. The number of aldehydes is 1. The van der Waals surface area contributed by atoms with Crippen molar-refractivity contribution in [3.8, 4) is 11.8 Å². The zero-order chi connectivity index (χ0) is 27.8. The number of amides is 1. The second-order valence-electron chi connectivity index (χ2n) is 9.65. The number of carbonyl (C=O) groups excluding carboxylic acids is 2. The van der Waals surface area contributed by atoms with Crippen LogP contribution in [0.15, 0.2) is 48.8 Å². The highest BCUT2D eigenvalue weighted by molar-refractivity contribution is 6.33. The van der Waals surface area contributed by atoms with E-state index < -0.39 is 23.2 Å². The predicted octanol–water partition coefficient (Wildman–Crippen LogP) is 5.37. The highest BCUT2D eigenvalue weighted by atomic mass is 35.5. The highest BCUT2D eigenvalue weighted by Gasteiger charge is 2.47. The maximum Gasteiger partial charge on any atom is 0.416 e. The van der Waals surface area contributed by atoms with Crippen LogP contribution in [0, 0.1) is 23.2 Å². The van der Waals surface area contributed by atoms with Crippen LogP contribution in [0.3, 0.4) is 0 Å². The zero-order valence-corrected chi connectivity index (χ0v) is 21.3. The van der Waals surface area contributed by atoms with Crippen molar-refractivity contribution in [2.45, 2.75) is 31.0 Å². The lowest BCUT2D eigenvalue weighted by Gasteiger charge is -2.40. The van der Waals surface area contributed by atoms with Gasteiger partial charge in [-0.3, -0.25) is 14.3 Å². The lowest BCUT2D eigenvalue weighted by Crippen LogP contribution is -2.51. The summed E-state index contributed by atoms with van der Waals surface area (Å²) in [6, 6.07) is 8.19. The molecule has 0 unspecified atom stereocenters. The molecule has 11 heteroatoms. The Morgan fingerprint density at radius 3 is 2.56 bits per heavy atom. The molecule has 0 radical (unpaired) electrons. The van der Waals surface area contributed by atoms with E-state index in [1.807, 2.05) is 12.1 Å². The Hall–Kier alpha value is -4.10. The van der Waals surface area contributed by atoms with Crippen molar-refractivity contribution in [3.05, 3.63) is 76.1 Å². The zero-order valence-electron chi connectivity index (χ0n) is 20.6. The highest BCUT2D eigenvalue weighted by Crippen LogP contribution is 2.41. The second-order valence-corrected chi connectivity index (χ2v) is 10.1. The van der Waals surface area contributed by atoms with E-state index in [1.54, 1.807) is 23.1 Å². The summed E-state index contributed by atoms with van der Waals surface area (Å²) in [5.41, 5.74) is 0.885. The van der Waals surface area contributed by atoms with Gasteiger partial charge in [0.05, 0.1) is 34.0 Å². The number of aromatic nitrogens is 2. The molecule has 3 aromatic rings. The maximum atomic E-state index is 13.2. The number of alkyl halides is 3. The Morgan fingerprint density at radius 2 is 1.95 bits per heavy atom. The first kappa shape index (κ1) is 26.5. The minimum absolute atomic E-state index is 0.108. The third kappa shape index (κ3) is 5.14. The molecule has 39 heavy (non-hydrogen) atoms. The van der Waals surface area contributed by atoms with Gasteiger partial charge in [-0.1, -0.05) is 23.4 Å². The number of anilines is 2. The maximum absolute atomic E-state index is 13.2. The summed E-state index contributed by atoms with van der Waals surface area (Å²) in [7, 11) is 0. The van der Waals surface area contributed by atoms with E-state index >= 15 is 0 Å². The Bertz CT molecular complexity index is 1510. The fourth-order valence-electron chi connectivity index (χ4n) is 4.68. The van der Waals surface area contributed by atoms with Crippen molar-refractivity contribution >= 4 is 41.4 Å². The van der Waals surface area contributed by atoms with Crippen molar-refractivity contribution in [3.63, 3.8) is 0 Å². The number of nitrogens with one attached hydrogen (secondary N) is 2. The fourth-order valence-corrected chi connectivity index (χ4v) is 4.91. The third-order valence-corrected chi connectivity index (χ3v) is 7.50. The first-order valence-corrected chi connectivity index (χ1v) is 12.6. The molecule has 1 amide bonds. The molecule has 1 saturated carbocycles. The van der Waals surface area contributed by atoms with E-state index in [-0.39, 0.29) is 16.6 Å². The van der Waals surface area contributed by atoms with Gasteiger partial charge in [-0.05, 0) is 55.7 Å². The van der Waals surface area contributed by atoms with Crippen molar-refractivity contribution in [2.75, 3.05) is 23.3 Å². The van der Waals surface area contributed by atoms with Crippen LogP contribution < -0.4 is 10.2 Å². The molecule has 2 fully saturated rings. The average molecular weight is 554 g/mol. The number of hydrogen-bond donors (Lipinski definition) is 2. The topological polar surface area (TPSA) is 91.1 Å². The number of halogens is 4. The first-order chi connectivity index (χ1) is 18.6. The molecule has 0 spiro atoms. The van der Waals surface area contributed by atoms with Gasteiger partial charge in [0, 0.05) is 42.3 Å². The Morgan fingerprint density at radius 1 is 1.18 bits per heavy atom. The van der Waals surface area contributed by atoms with E-state index in [4.69, 9.17) is 17.0 Å². The molecular formula is C28H23ClF3N5O2. The molecule has 1 aromatic heterocycles. The summed E-state index contributed by atoms with van der Waals surface area (Å²) >= 11 is 6.03. The van der Waals surface area contributed by atoms with Gasteiger partial charge in [-0.25, -0.2) is 0 Å². The van der Waals surface area contributed by atoms with Gasteiger partial charge in [0.1, 0.15) is 5.54 Å². The van der Waals surface area contributed by atoms with Gasteiger partial charge in [-0.15, -0.1) is 0 Å². The summed E-state index contributed by atoms with van der Waals surface area (Å²) in [5, 5.41) is 14.3. The van der Waals surface area contributed by atoms with Crippen LogP contribution in [-0.4, -0.2) is 41.3 Å². The smallest absolute Gasteiger partial charge is 0.369 e. The molecule has 2 aliphatic rings. The van der Waals surface area contributed by atoms with E-state index in [0.717, 1.165) is 42.8 Å². The molecular weight excluding hydrogens is 531 g/mol. The summed E-state index contributed by atoms with van der Waals surface area (Å²) in [5.74, 6) is 6.08. The molecule has 200 valence electrons. The molecule has 1 aliphatic carbocycles. The quantitative estimate of drug-likeness (QED) is 0.244. The van der Waals surface area contributed by atoms with Gasteiger partial charge in [0.25, 0.3) is 5.91 Å². The van der Waals surface area contributed by atoms with Gasteiger partial charge in [-0.2, -0.15) is 18.3 Å². The van der Waals surface area contributed by atoms with Crippen LogP contribution >= 0.6 is 11.6 Å². The van der Waals surface area contributed by atoms with Gasteiger partial charge in [0.15, 0.2) is 6.29 Å². The van der Waals surface area contributed by atoms with E-state index in [2.05, 4.69) is 27.2 Å². The van der Waals surface area contributed by atoms with Gasteiger partial charge < -0.3 is 15.6 Å². The minimum Gasteiger partial charge on any atom is -0.369 e. The molecule has 0 atom stereocenters. The Labute approximate surface area is 227 Å². The van der Waals surface area contributed by atoms with Crippen molar-refractivity contribution in [1.82, 2.24) is 9.78 Å². The van der Waals surface area contributed by atoms with Crippen LogP contribution in [0.1, 0.15) is 46.3 Å². The van der Waals surface area contributed by atoms with Gasteiger partial charge in [0.2, 0.25) is 0 Å². The Balaban J connectivity index is 1.24. The molecule has 2 N–H and O–H groups in total. The van der Waals surface area contributed by atoms with Crippen LogP contribution in [-0.2, 0) is 16.5 Å². The summed E-state index contributed by atoms with van der Waals surface area (Å²) in [4.78, 5) is 26.4. The standard InChI is InChI=1S/C28H23ClF3N5O2/c29-24-11-22(28(30,31)32)5-7-25(24)35-26(39)27(8-1-9-27)37-16-18(13-34-37)2-3-19-14-36(15-19)23-6-4-20(17-38)21(10-23)12-33/h4-7,10-13,16-17,19,33H,1,8-9,14-15H2,(H,35,39). The largest absolute Gasteiger partial charge is 0.416 e. The normalized spacial score (nSPS) is 16.4. The SMILES string of the molecule is N=Cc1cc(N2CC(C#Cc3cnn(C4(C(=O)Nc5ccc(C(F)(F)F)cc5Cl)CCC4)c3)C2)ccc1C=O. The number of hydrogen-bond acceptors (Lipinski definition) is 5. The molecule has 7 nitrogen and oxygen atoms in total. The molecule has 0 bridgehead atoms. The first-order valence-electron chi connectivity index (χ1n) is 12.2. The molecule has 1 aliphatic heterocycles. The molecule has 2 heterocycles. The fraction of sp³-hybridized carbons (Fsp3) is 0.286. The second kappa shape index (κ2) is 10.2. The van der Waals surface area contributed by atoms with Gasteiger partial charge >= 0.3 is 6.18 Å². The van der Waals surface area contributed by atoms with E-state index in [9.17, 15) is 22.8 Å². The lowest BCUT2D eigenvalue weighted by molar-refractivity contribution is -0.137. The minimum atomic E-state index is -4.53. The predicted molar refractivity (Wildman–Crippen MR) is 141 cm³/mol. The molecule has 5 rings (SSSR count). The van der Waals surface area contributed by atoms with E-state index in [0.29, 0.717) is 42.6 Å². The third-order valence-electron chi connectivity index (χ3n) is 7.19. The van der Waals surface area contributed by atoms with Crippen LogP contribution in [0.2, 0.25) is 5.02 Å². The number of nitrogens with zero attached hydrogens (tertiary/aromatic N) is 3. The monoisotopic (exact) mass is 553 g/mol. The number of carbonyl (C=O) groups is 2. The van der Waals surface area contributed by atoms with E-state index in [1.165, 1.54) is 0 Å².